The van der Waals surface area contributed by atoms with Crippen molar-refractivity contribution >= 4 is 33.8 Å². The zero-order valence-corrected chi connectivity index (χ0v) is 15.2. The second-order valence-corrected chi connectivity index (χ2v) is 8.26. The van der Waals surface area contributed by atoms with Gasteiger partial charge in [-0.1, -0.05) is 45.0 Å². The fraction of sp³-hybridized carbons (Fsp3) is 0.421. The standard InChI is InChI=1S/C19H26N2S/c1-18(2,3)15-9-7-14-12-16(10-8-13(14)11-15)20-17(22)21-19(4,5)6/h7-12H,1-6H3,(H2,20,21,22). The van der Waals surface area contributed by atoms with Crippen LogP contribution in [0.1, 0.15) is 47.1 Å². The molecular weight excluding hydrogens is 288 g/mol. The monoisotopic (exact) mass is 314 g/mol. The van der Waals surface area contributed by atoms with Crippen molar-refractivity contribution in [2.45, 2.75) is 52.5 Å². The van der Waals surface area contributed by atoms with Gasteiger partial charge in [-0.25, -0.2) is 0 Å². The average Bonchev–Trinajstić information content (AvgIpc) is 2.34. The topological polar surface area (TPSA) is 24.1 Å². The molecule has 0 atom stereocenters. The molecule has 0 unspecified atom stereocenters. The highest BCUT2D eigenvalue weighted by Crippen LogP contribution is 2.27. The maximum Gasteiger partial charge on any atom is 0.171 e. The zero-order chi connectivity index (χ0) is 16.5. The predicted octanol–water partition coefficient (Wildman–Crippen LogP) is 5.22. The maximum atomic E-state index is 5.35. The summed E-state index contributed by atoms with van der Waals surface area (Å²) in [6.45, 7) is 13.0. The van der Waals surface area contributed by atoms with Crippen LogP contribution in [0.4, 0.5) is 5.69 Å². The summed E-state index contributed by atoms with van der Waals surface area (Å²) in [7, 11) is 0. The van der Waals surface area contributed by atoms with Gasteiger partial charge in [0.25, 0.3) is 0 Å². The Morgan fingerprint density at radius 1 is 0.864 bits per heavy atom. The molecule has 0 bridgehead atoms. The van der Waals surface area contributed by atoms with Gasteiger partial charge in [-0.2, -0.15) is 0 Å². The molecule has 0 aliphatic heterocycles. The van der Waals surface area contributed by atoms with E-state index in [1.165, 1.54) is 16.3 Å². The third-order valence-corrected chi connectivity index (χ3v) is 3.66. The lowest BCUT2D eigenvalue weighted by Gasteiger charge is -2.23. The van der Waals surface area contributed by atoms with Crippen LogP contribution in [0.5, 0.6) is 0 Å². The lowest BCUT2D eigenvalue weighted by molar-refractivity contribution is 0.515. The van der Waals surface area contributed by atoms with Crippen LogP contribution in [-0.4, -0.2) is 10.7 Å². The number of nitrogens with one attached hydrogen (secondary N) is 2. The highest BCUT2D eigenvalue weighted by molar-refractivity contribution is 7.80. The molecule has 0 radical (unpaired) electrons. The summed E-state index contributed by atoms with van der Waals surface area (Å²) in [6, 6.07) is 13.0. The molecule has 2 N–H and O–H groups in total. The molecule has 2 aromatic carbocycles. The Labute approximate surface area is 139 Å². The molecule has 0 aromatic heterocycles. The quantitative estimate of drug-likeness (QED) is 0.705. The minimum atomic E-state index is -0.0391. The number of benzene rings is 2. The molecule has 0 spiro atoms. The summed E-state index contributed by atoms with van der Waals surface area (Å²) in [4.78, 5) is 0. The van der Waals surface area contributed by atoms with E-state index in [4.69, 9.17) is 12.2 Å². The second kappa shape index (κ2) is 5.88. The molecule has 2 aromatic rings. The van der Waals surface area contributed by atoms with Gasteiger partial charge in [-0.15, -0.1) is 0 Å². The molecule has 22 heavy (non-hydrogen) atoms. The number of fused-ring (bicyclic) bond motifs is 1. The van der Waals surface area contributed by atoms with E-state index in [1.807, 2.05) is 0 Å². The van der Waals surface area contributed by atoms with Crippen LogP contribution in [0.15, 0.2) is 36.4 Å². The molecule has 0 heterocycles. The molecule has 3 heteroatoms. The zero-order valence-electron chi connectivity index (χ0n) is 14.4. The van der Waals surface area contributed by atoms with Crippen LogP contribution in [0.25, 0.3) is 10.8 Å². The maximum absolute atomic E-state index is 5.35. The van der Waals surface area contributed by atoms with Crippen molar-refractivity contribution in [3.63, 3.8) is 0 Å². The molecule has 0 aliphatic carbocycles. The van der Waals surface area contributed by atoms with Gasteiger partial charge < -0.3 is 10.6 Å². The second-order valence-electron chi connectivity index (χ2n) is 7.86. The van der Waals surface area contributed by atoms with E-state index < -0.39 is 0 Å². The minimum absolute atomic E-state index is 0.0391. The van der Waals surface area contributed by atoms with E-state index in [1.54, 1.807) is 0 Å². The molecule has 2 nitrogen and oxygen atoms in total. The van der Waals surface area contributed by atoms with Crippen molar-refractivity contribution < 1.29 is 0 Å². The average molecular weight is 314 g/mol. The highest BCUT2D eigenvalue weighted by Gasteiger charge is 2.14. The van der Waals surface area contributed by atoms with E-state index >= 15 is 0 Å². The first-order valence-corrected chi connectivity index (χ1v) is 8.09. The Bertz CT molecular complexity index is 691. The van der Waals surface area contributed by atoms with Crippen LogP contribution in [0.2, 0.25) is 0 Å². The Kier molecular flexibility index (Phi) is 4.48. The van der Waals surface area contributed by atoms with Gasteiger partial charge in [0.15, 0.2) is 5.11 Å². The lowest BCUT2D eigenvalue weighted by atomic mass is 9.86. The number of anilines is 1. The van der Waals surface area contributed by atoms with E-state index in [0.29, 0.717) is 5.11 Å². The molecular formula is C19H26N2S. The van der Waals surface area contributed by atoms with Crippen LogP contribution < -0.4 is 10.6 Å². The Morgan fingerprint density at radius 3 is 2.05 bits per heavy atom. The third kappa shape index (κ3) is 4.44. The van der Waals surface area contributed by atoms with Gasteiger partial charge in [-0.3, -0.25) is 0 Å². The summed E-state index contributed by atoms with van der Waals surface area (Å²) in [6.07, 6.45) is 0. The molecule has 2 rings (SSSR count). The van der Waals surface area contributed by atoms with Gasteiger partial charge in [0.2, 0.25) is 0 Å². The van der Waals surface area contributed by atoms with Gasteiger partial charge in [0, 0.05) is 11.2 Å². The number of hydrogen-bond donors (Lipinski definition) is 2. The van der Waals surface area contributed by atoms with E-state index in [2.05, 4.69) is 88.6 Å². The SMILES string of the molecule is CC(C)(C)NC(=S)Nc1ccc2cc(C(C)(C)C)ccc2c1. The van der Waals surface area contributed by atoms with Crippen molar-refractivity contribution in [3.05, 3.63) is 42.0 Å². The summed E-state index contributed by atoms with van der Waals surface area (Å²) in [5.41, 5.74) is 2.50. The van der Waals surface area contributed by atoms with Crippen molar-refractivity contribution in [2.24, 2.45) is 0 Å². The predicted molar refractivity (Wildman–Crippen MR) is 102 cm³/mol. The Balaban J connectivity index is 2.23. The van der Waals surface area contributed by atoms with E-state index in [-0.39, 0.29) is 11.0 Å². The largest absolute Gasteiger partial charge is 0.358 e. The van der Waals surface area contributed by atoms with Gasteiger partial charge in [0.05, 0.1) is 0 Å². The van der Waals surface area contributed by atoms with Crippen LogP contribution >= 0.6 is 12.2 Å². The smallest absolute Gasteiger partial charge is 0.171 e. The lowest BCUT2D eigenvalue weighted by Crippen LogP contribution is -2.42. The van der Waals surface area contributed by atoms with Crippen molar-refractivity contribution in [2.75, 3.05) is 5.32 Å². The number of rotatable bonds is 1. The first kappa shape index (κ1) is 16.8. The summed E-state index contributed by atoms with van der Waals surface area (Å²) < 4.78 is 0. The van der Waals surface area contributed by atoms with Crippen LogP contribution in [0.3, 0.4) is 0 Å². The van der Waals surface area contributed by atoms with Gasteiger partial charge in [-0.05, 0) is 66.9 Å². The summed E-state index contributed by atoms with van der Waals surface area (Å²) in [5.74, 6) is 0. The minimum Gasteiger partial charge on any atom is -0.358 e. The van der Waals surface area contributed by atoms with Crippen LogP contribution in [-0.2, 0) is 5.41 Å². The molecule has 0 saturated carbocycles. The number of hydrogen-bond acceptors (Lipinski definition) is 1. The summed E-state index contributed by atoms with van der Waals surface area (Å²) in [5, 5.41) is 9.65. The van der Waals surface area contributed by atoms with Gasteiger partial charge in [0.1, 0.15) is 0 Å². The molecule has 0 fully saturated rings. The highest BCUT2D eigenvalue weighted by atomic mass is 32.1. The first-order chi connectivity index (χ1) is 10.0. The Morgan fingerprint density at radius 2 is 1.45 bits per heavy atom. The van der Waals surface area contributed by atoms with Crippen molar-refractivity contribution in [1.29, 1.82) is 0 Å². The van der Waals surface area contributed by atoms with E-state index in [0.717, 1.165) is 5.69 Å². The first-order valence-electron chi connectivity index (χ1n) is 7.68. The normalized spacial score (nSPS) is 12.3. The molecule has 0 saturated heterocycles. The third-order valence-electron chi connectivity index (χ3n) is 3.45. The molecule has 118 valence electrons. The number of thiocarbonyl (C=S) groups is 1. The molecule has 0 amide bonds. The summed E-state index contributed by atoms with van der Waals surface area (Å²) >= 11 is 5.35. The molecule has 0 aliphatic rings. The van der Waals surface area contributed by atoms with Crippen molar-refractivity contribution in [3.8, 4) is 0 Å². The van der Waals surface area contributed by atoms with Crippen LogP contribution in [0, 0.1) is 0 Å². The van der Waals surface area contributed by atoms with Gasteiger partial charge >= 0.3 is 0 Å². The Hall–Kier alpha value is -1.61. The fourth-order valence-electron chi connectivity index (χ4n) is 2.29. The van der Waals surface area contributed by atoms with E-state index in [9.17, 15) is 0 Å². The fourth-order valence-corrected chi connectivity index (χ4v) is 2.72. The van der Waals surface area contributed by atoms with Crippen molar-refractivity contribution in [1.82, 2.24) is 5.32 Å².